The number of carbonyl (C=O) groups excluding carboxylic acids is 2. The molecule has 0 saturated carbocycles. The summed E-state index contributed by atoms with van der Waals surface area (Å²) in [5.41, 5.74) is 5.23. The lowest BCUT2D eigenvalue weighted by Gasteiger charge is -2.11. The first-order chi connectivity index (χ1) is 12.0. The van der Waals surface area contributed by atoms with Crippen molar-refractivity contribution in [2.75, 3.05) is 0 Å². The lowest BCUT2D eigenvalue weighted by atomic mass is 10.1. The van der Waals surface area contributed by atoms with Crippen LogP contribution in [0.2, 0.25) is 0 Å². The third kappa shape index (κ3) is 4.02. The van der Waals surface area contributed by atoms with E-state index in [1.165, 1.54) is 18.2 Å². The van der Waals surface area contributed by atoms with Gasteiger partial charge in [-0.1, -0.05) is 30.3 Å². The van der Waals surface area contributed by atoms with Gasteiger partial charge >= 0.3 is 5.91 Å². The van der Waals surface area contributed by atoms with Gasteiger partial charge in [0, 0.05) is 5.39 Å². The quantitative estimate of drug-likeness (QED) is 0.635. The molecule has 0 spiro atoms. The Hall–Kier alpha value is -3.19. The summed E-state index contributed by atoms with van der Waals surface area (Å²) in [6, 6.07) is 14.0. The van der Waals surface area contributed by atoms with Gasteiger partial charge in [-0.05, 0) is 29.8 Å². The summed E-state index contributed by atoms with van der Waals surface area (Å²) in [5, 5.41) is 10.7. The molecule has 0 radical (unpaired) electrons. The van der Waals surface area contributed by atoms with Gasteiger partial charge in [0.05, 0.1) is 12.5 Å². The number of benzene rings is 2. The molecule has 0 aliphatic rings. The van der Waals surface area contributed by atoms with Crippen LogP contribution in [0.3, 0.4) is 0 Å². The number of hydrogen-bond donors (Lipinski definition) is 3. The van der Waals surface area contributed by atoms with Crippen LogP contribution in [0, 0.1) is 5.82 Å². The molecule has 1 aromatic heterocycles. The normalized spacial score (nSPS) is 11.9. The molecule has 2 amide bonds. The van der Waals surface area contributed by atoms with Crippen LogP contribution in [0.25, 0.3) is 11.0 Å². The highest BCUT2D eigenvalue weighted by Gasteiger charge is 2.16. The van der Waals surface area contributed by atoms with Crippen molar-refractivity contribution in [2.45, 2.75) is 12.5 Å². The van der Waals surface area contributed by atoms with Crippen LogP contribution in [0.5, 0.6) is 0 Å². The van der Waals surface area contributed by atoms with E-state index in [9.17, 15) is 19.1 Å². The Kier molecular flexibility index (Phi) is 4.76. The Morgan fingerprint density at radius 1 is 1.08 bits per heavy atom. The van der Waals surface area contributed by atoms with Crippen molar-refractivity contribution in [1.29, 1.82) is 0 Å². The van der Waals surface area contributed by atoms with Crippen LogP contribution in [-0.2, 0) is 4.79 Å². The summed E-state index contributed by atoms with van der Waals surface area (Å²) in [7, 11) is 0. The van der Waals surface area contributed by atoms with Gasteiger partial charge in [0.1, 0.15) is 11.4 Å². The Balaban J connectivity index is 1.55. The van der Waals surface area contributed by atoms with E-state index in [1.807, 2.05) is 6.07 Å². The zero-order valence-corrected chi connectivity index (χ0v) is 13.0. The molecule has 0 bridgehead atoms. The SMILES string of the molecule is O=C(CC(O)c1cccc(F)c1)NNC(=O)c1cc2ccccc2o1. The van der Waals surface area contributed by atoms with Crippen molar-refractivity contribution in [2.24, 2.45) is 0 Å². The summed E-state index contributed by atoms with van der Waals surface area (Å²) in [5.74, 6) is -1.70. The third-order valence-corrected chi connectivity index (χ3v) is 3.58. The number of nitrogens with one attached hydrogen (secondary N) is 2. The van der Waals surface area contributed by atoms with E-state index in [1.54, 1.807) is 24.3 Å². The molecule has 0 aliphatic carbocycles. The molecule has 3 aromatic rings. The van der Waals surface area contributed by atoms with Crippen LogP contribution in [-0.4, -0.2) is 16.9 Å². The number of amides is 2. The highest BCUT2D eigenvalue weighted by atomic mass is 19.1. The summed E-state index contributed by atoms with van der Waals surface area (Å²) in [6.45, 7) is 0. The minimum atomic E-state index is -1.18. The molecule has 1 atom stereocenters. The number of fused-ring (bicyclic) bond motifs is 1. The number of hydrazine groups is 1. The second-order valence-electron chi connectivity index (χ2n) is 5.43. The molecule has 25 heavy (non-hydrogen) atoms. The number of halogens is 1. The minimum Gasteiger partial charge on any atom is -0.451 e. The Bertz CT molecular complexity index is 889. The van der Waals surface area contributed by atoms with Gasteiger partial charge in [0.25, 0.3) is 0 Å². The monoisotopic (exact) mass is 342 g/mol. The lowest BCUT2D eigenvalue weighted by Crippen LogP contribution is -2.42. The first-order valence-corrected chi connectivity index (χ1v) is 7.54. The van der Waals surface area contributed by atoms with E-state index < -0.39 is 23.7 Å². The van der Waals surface area contributed by atoms with Gasteiger partial charge in [-0.15, -0.1) is 0 Å². The molecule has 3 N–H and O–H groups in total. The molecular formula is C18H15FN2O4. The zero-order chi connectivity index (χ0) is 17.8. The fourth-order valence-corrected chi connectivity index (χ4v) is 2.34. The highest BCUT2D eigenvalue weighted by Crippen LogP contribution is 2.19. The molecule has 2 aromatic carbocycles. The lowest BCUT2D eigenvalue weighted by molar-refractivity contribution is -0.123. The van der Waals surface area contributed by atoms with Crippen molar-refractivity contribution in [3.05, 3.63) is 71.7 Å². The number of rotatable bonds is 4. The van der Waals surface area contributed by atoms with Gasteiger partial charge in [0.2, 0.25) is 5.91 Å². The van der Waals surface area contributed by atoms with Crippen molar-refractivity contribution >= 4 is 22.8 Å². The number of carbonyl (C=O) groups is 2. The maximum Gasteiger partial charge on any atom is 0.305 e. The van der Waals surface area contributed by atoms with Crippen LogP contribution < -0.4 is 10.9 Å². The largest absolute Gasteiger partial charge is 0.451 e. The fraction of sp³-hybridized carbons (Fsp3) is 0.111. The van der Waals surface area contributed by atoms with E-state index in [-0.39, 0.29) is 17.7 Å². The highest BCUT2D eigenvalue weighted by molar-refractivity contribution is 5.96. The molecule has 6 nitrogen and oxygen atoms in total. The van der Waals surface area contributed by atoms with Crippen molar-refractivity contribution in [3.63, 3.8) is 0 Å². The molecule has 0 saturated heterocycles. The van der Waals surface area contributed by atoms with E-state index >= 15 is 0 Å². The summed E-state index contributed by atoms with van der Waals surface area (Å²) < 4.78 is 18.5. The maximum absolute atomic E-state index is 13.1. The van der Waals surface area contributed by atoms with Gasteiger partial charge < -0.3 is 9.52 Å². The van der Waals surface area contributed by atoms with Crippen molar-refractivity contribution in [3.8, 4) is 0 Å². The number of hydrogen-bond acceptors (Lipinski definition) is 4. The van der Waals surface area contributed by atoms with Gasteiger partial charge in [-0.25, -0.2) is 4.39 Å². The molecule has 7 heteroatoms. The topological polar surface area (TPSA) is 91.6 Å². The molecule has 1 unspecified atom stereocenters. The second kappa shape index (κ2) is 7.14. The maximum atomic E-state index is 13.1. The average Bonchev–Trinajstić information content (AvgIpc) is 3.04. The van der Waals surface area contributed by atoms with Crippen LogP contribution in [0.15, 0.2) is 59.0 Å². The third-order valence-electron chi connectivity index (χ3n) is 3.58. The van der Waals surface area contributed by atoms with Crippen molar-refractivity contribution < 1.29 is 23.5 Å². The molecular weight excluding hydrogens is 327 g/mol. The van der Waals surface area contributed by atoms with E-state index in [0.29, 0.717) is 5.58 Å². The first kappa shape index (κ1) is 16.7. The predicted molar refractivity (Wildman–Crippen MR) is 87.8 cm³/mol. The zero-order valence-electron chi connectivity index (χ0n) is 13.0. The smallest absolute Gasteiger partial charge is 0.305 e. The number of para-hydroxylation sites is 1. The van der Waals surface area contributed by atoms with Gasteiger partial charge in [-0.2, -0.15) is 0 Å². The molecule has 1 heterocycles. The fourth-order valence-electron chi connectivity index (χ4n) is 2.34. The average molecular weight is 342 g/mol. The van der Waals surface area contributed by atoms with E-state index in [4.69, 9.17) is 4.42 Å². The Labute approximate surface area is 142 Å². The standard InChI is InChI=1S/C18H15FN2O4/c19-13-6-3-5-11(8-13)14(22)10-17(23)20-21-18(24)16-9-12-4-1-2-7-15(12)25-16/h1-9,14,22H,10H2,(H,20,23)(H,21,24). The van der Waals surface area contributed by atoms with E-state index in [0.717, 1.165) is 11.5 Å². The molecule has 3 rings (SSSR count). The molecule has 128 valence electrons. The number of aliphatic hydroxyl groups is 1. The van der Waals surface area contributed by atoms with E-state index in [2.05, 4.69) is 10.9 Å². The minimum absolute atomic E-state index is 0.0483. The molecule has 0 fully saturated rings. The number of aliphatic hydroxyl groups excluding tert-OH is 1. The van der Waals surface area contributed by atoms with Crippen LogP contribution in [0.1, 0.15) is 28.6 Å². The number of furan rings is 1. The van der Waals surface area contributed by atoms with Gasteiger partial charge in [0.15, 0.2) is 5.76 Å². The molecule has 0 aliphatic heterocycles. The predicted octanol–water partition coefficient (Wildman–Crippen LogP) is 2.46. The Morgan fingerprint density at radius 2 is 1.88 bits per heavy atom. The van der Waals surface area contributed by atoms with Crippen molar-refractivity contribution in [1.82, 2.24) is 10.9 Å². The summed E-state index contributed by atoms with van der Waals surface area (Å²) >= 11 is 0. The summed E-state index contributed by atoms with van der Waals surface area (Å²) in [4.78, 5) is 23.8. The second-order valence-corrected chi connectivity index (χ2v) is 5.43. The Morgan fingerprint density at radius 3 is 2.64 bits per heavy atom. The summed E-state index contributed by atoms with van der Waals surface area (Å²) in [6.07, 6.45) is -1.51. The first-order valence-electron chi connectivity index (χ1n) is 7.54. The van der Waals surface area contributed by atoms with Crippen LogP contribution in [0.4, 0.5) is 4.39 Å². The van der Waals surface area contributed by atoms with Crippen LogP contribution >= 0.6 is 0 Å². The van der Waals surface area contributed by atoms with Gasteiger partial charge in [-0.3, -0.25) is 20.4 Å².